The van der Waals surface area contributed by atoms with Gasteiger partial charge in [0.25, 0.3) is 5.92 Å². The largest absolute Gasteiger partial charge is 0.477 e. The van der Waals surface area contributed by atoms with Gasteiger partial charge in [-0.2, -0.15) is 0 Å². The highest BCUT2D eigenvalue weighted by molar-refractivity contribution is 5.94. The third-order valence-corrected chi connectivity index (χ3v) is 4.54. The molecule has 0 aromatic rings. The minimum Gasteiger partial charge on any atom is -0.477 e. The van der Waals surface area contributed by atoms with Crippen LogP contribution in [0, 0.1) is 5.92 Å². The summed E-state index contributed by atoms with van der Waals surface area (Å²) in [5.41, 5.74) is 1.97. The van der Waals surface area contributed by atoms with Crippen LogP contribution in [-0.2, 0) is 9.47 Å². The summed E-state index contributed by atoms with van der Waals surface area (Å²) in [7, 11) is 1.56. The predicted molar refractivity (Wildman–Crippen MR) is 84.7 cm³/mol. The summed E-state index contributed by atoms with van der Waals surface area (Å²) in [5, 5.41) is 9.01. The summed E-state index contributed by atoms with van der Waals surface area (Å²) in [6, 6.07) is 0. The Morgan fingerprint density at radius 3 is 2.83 bits per heavy atom. The number of likely N-dealkylation sites (tertiary alicyclic amines) is 1. The molecule has 0 aromatic carbocycles. The number of alkyl halides is 2. The van der Waals surface area contributed by atoms with E-state index in [1.165, 1.54) is 0 Å². The van der Waals surface area contributed by atoms with Crippen LogP contribution in [0.4, 0.5) is 13.6 Å². The zero-order valence-corrected chi connectivity index (χ0v) is 14.1. The maximum Gasteiger partial charge on any atom is 0.407 e. The lowest BCUT2D eigenvalue weighted by atomic mass is 9.94. The quantitative estimate of drug-likeness (QED) is 0.630. The normalized spacial score (nSPS) is 25.4. The highest BCUT2D eigenvalue weighted by Gasteiger charge is 2.45. The summed E-state index contributed by atoms with van der Waals surface area (Å²) in [4.78, 5) is 16.1. The number of amides is 1. The maximum absolute atomic E-state index is 14.1. The number of carboxylic acid groups (broad SMARTS) is 1. The average Bonchev–Trinajstić information content (AvgIpc) is 2.74. The number of hydrogen-bond donors (Lipinski definition) is 1. The van der Waals surface area contributed by atoms with Crippen LogP contribution in [0.15, 0.2) is 16.1 Å². The Morgan fingerprint density at radius 1 is 1.46 bits per heavy atom. The van der Waals surface area contributed by atoms with Crippen LogP contribution in [0.3, 0.4) is 0 Å². The third kappa shape index (κ3) is 4.43. The van der Waals surface area contributed by atoms with E-state index >= 15 is 0 Å². The van der Waals surface area contributed by atoms with Crippen molar-refractivity contribution in [2.75, 3.05) is 40.0 Å². The van der Waals surface area contributed by atoms with E-state index < -0.39 is 24.4 Å². The molecule has 0 aromatic heterocycles. The first kappa shape index (κ1) is 18.6. The lowest BCUT2D eigenvalue weighted by Gasteiger charge is -2.36. The first-order valence-corrected chi connectivity index (χ1v) is 8.07. The van der Waals surface area contributed by atoms with Gasteiger partial charge in [0.15, 0.2) is 0 Å². The van der Waals surface area contributed by atoms with Crippen LogP contribution >= 0.6 is 0 Å². The molecule has 0 radical (unpaired) electrons. The summed E-state index contributed by atoms with van der Waals surface area (Å²) >= 11 is 0. The molecule has 136 valence electrons. The van der Waals surface area contributed by atoms with Gasteiger partial charge in [-0.05, 0) is 13.3 Å². The number of aliphatic imine (C=N–C) groups is 1. The molecular weight excluding hydrogens is 322 g/mol. The molecule has 2 rings (SSSR count). The van der Waals surface area contributed by atoms with Crippen molar-refractivity contribution < 1.29 is 28.2 Å². The molecule has 1 amide bonds. The smallest absolute Gasteiger partial charge is 0.407 e. The van der Waals surface area contributed by atoms with Crippen LogP contribution in [-0.4, -0.2) is 67.9 Å². The highest BCUT2D eigenvalue weighted by Crippen LogP contribution is 2.34. The number of rotatable bonds is 3. The molecule has 0 saturated carbocycles. The minimum atomic E-state index is -2.94. The second kappa shape index (κ2) is 7.92. The summed E-state index contributed by atoms with van der Waals surface area (Å²) in [5.74, 6) is -3.77. The Balaban J connectivity index is 2.04. The van der Waals surface area contributed by atoms with Crippen molar-refractivity contribution in [2.45, 2.75) is 32.1 Å². The van der Waals surface area contributed by atoms with Crippen LogP contribution in [0.5, 0.6) is 0 Å². The topological polar surface area (TPSA) is 71.4 Å². The summed E-state index contributed by atoms with van der Waals surface area (Å²) < 4.78 is 39.2. The average molecular weight is 346 g/mol. The molecule has 0 bridgehead atoms. The fourth-order valence-corrected chi connectivity index (χ4v) is 2.95. The van der Waals surface area contributed by atoms with E-state index in [0.717, 1.165) is 22.5 Å². The van der Waals surface area contributed by atoms with Crippen molar-refractivity contribution in [1.29, 1.82) is 0 Å². The number of nitrogens with zero attached hydrogens (tertiary/aromatic N) is 2. The predicted octanol–water partition coefficient (Wildman–Crippen LogP) is 2.79. The maximum atomic E-state index is 14.1. The van der Waals surface area contributed by atoms with Crippen LogP contribution < -0.4 is 0 Å². The van der Waals surface area contributed by atoms with Gasteiger partial charge < -0.3 is 19.5 Å². The number of halogens is 2. The first-order valence-electron chi connectivity index (χ1n) is 8.07. The van der Waals surface area contributed by atoms with Crippen molar-refractivity contribution >= 4 is 12.0 Å². The molecule has 0 aliphatic carbocycles. The molecular formula is C16H24F2N2O4. The highest BCUT2D eigenvalue weighted by atomic mass is 19.3. The molecule has 1 N–H and O–H groups in total. The molecule has 24 heavy (non-hydrogen) atoms. The summed E-state index contributed by atoms with van der Waals surface area (Å²) in [6.07, 6.45) is -0.286. The minimum absolute atomic E-state index is 0.158. The zero-order valence-electron chi connectivity index (χ0n) is 14.1. The van der Waals surface area contributed by atoms with Crippen molar-refractivity contribution in [3.05, 3.63) is 11.1 Å². The third-order valence-electron chi connectivity index (χ3n) is 4.54. The monoisotopic (exact) mass is 346 g/mol. The summed E-state index contributed by atoms with van der Waals surface area (Å²) in [6.45, 7) is 2.47. The lowest BCUT2D eigenvalue weighted by Crippen LogP contribution is -2.50. The lowest BCUT2D eigenvalue weighted by molar-refractivity contribution is -0.113. The number of piperidine rings is 1. The van der Waals surface area contributed by atoms with Gasteiger partial charge >= 0.3 is 6.09 Å². The number of carbonyl (C=O) groups is 1. The van der Waals surface area contributed by atoms with Crippen LogP contribution in [0.1, 0.15) is 26.2 Å². The first-order chi connectivity index (χ1) is 11.3. The Labute approximate surface area is 140 Å². The van der Waals surface area contributed by atoms with Crippen molar-refractivity contribution in [3.63, 3.8) is 0 Å². The van der Waals surface area contributed by atoms with Crippen molar-refractivity contribution in [1.82, 2.24) is 4.90 Å². The van der Waals surface area contributed by atoms with Crippen molar-refractivity contribution in [3.8, 4) is 0 Å². The molecule has 0 spiro atoms. The van der Waals surface area contributed by atoms with Gasteiger partial charge in [-0.15, -0.1) is 0 Å². The van der Waals surface area contributed by atoms with Gasteiger partial charge in [-0.25, -0.2) is 13.6 Å². The van der Waals surface area contributed by atoms with Gasteiger partial charge in [0, 0.05) is 38.6 Å². The van der Waals surface area contributed by atoms with Gasteiger partial charge in [-0.1, -0.05) is 5.57 Å². The van der Waals surface area contributed by atoms with Gasteiger partial charge in [0.2, 0.25) is 5.90 Å². The Bertz CT molecular complexity index is 534. The van der Waals surface area contributed by atoms with Crippen molar-refractivity contribution in [2.24, 2.45) is 10.9 Å². The van der Waals surface area contributed by atoms with E-state index in [-0.39, 0.29) is 19.7 Å². The molecule has 2 aliphatic rings. The molecule has 6 nitrogen and oxygen atoms in total. The van der Waals surface area contributed by atoms with Crippen LogP contribution in [0.2, 0.25) is 0 Å². The zero-order chi connectivity index (χ0) is 17.7. The fourth-order valence-electron chi connectivity index (χ4n) is 2.95. The second-order valence-corrected chi connectivity index (χ2v) is 6.15. The SMILES string of the molecule is CN=C(OCC1CN(C(=O)O)CCC1(F)F)C1=C(C)CCOCC1. The Hall–Kier alpha value is -1.70. The Kier molecular flexibility index (Phi) is 6.15. The van der Waals surface area contributed by atoms with E-state index in [0.29, 0.717) is 25.5 Å². The van der Waals surface area contributed by atoms with Gasteiger partial charge in [0.1, 0.15) is 6.61 Å². The van der Waals surface area contributed by atoms with E-state index in [1.807, 2.05) is 6.92 Å². The van der Waals surface area contributed by atoms with E-state index in [1.54, 1.807) is 7.05 Å². The molecule has 1 fully saturated rings. The number of hydrogen-bond acceptors (Lipinski definition) is 4. The van der Waals surface area contributed by atoms with Gasteiger partial charge in [-0.3, -0.25) is 4.99 Å². The molecule has 2 aliphatic heterocycles. The molecule has 2 heterocycles. The molecule has 8 heteroatoms. The fraction of sp³-hybridized carbons (Fsp3) is 0.750. The van der Waals surface area contributed by atoms with E-state index in [2.05, 4.69) is 4.99 Å². The van der Waals surface area contributed by atoms with E-state index in [9.17, 15) is 13.6 Å². The molecule has 1 atom stereocenters. The van der Waals surface area contributed by atoms with E-state index in [4.69, 9.17) is 14.6 Å². The van der Waals surface area contributed by atoms with Crippen LogP contribution in [0.25, 0.3) is 0 Å². The standard InChI is InChI=1S/C16H24F2N2O4/c1-11-3-7-23-8-4-13(11)14(19-2)24-10-12-9-20(15(21)22)6-5-16(12,17)18/h12H,3-10H2,1-2H3,(H,21,22). The second-order valence-electron chi connectivity index (χ2n) is 6.15. The molecule has 1 unspecified atom stereocenters. The number of ether oxygens (including phenoxy) is 2. The molecule has 1 saturated heterocycles. The van der Waals surface area contributed by atoms with Gasteiger partial charge in [0.05, 0.1) is 19.1 Å². The Morgan fingerprint density at radius 2 is 2.17 bits per heavy atom.